The first-order valence-corrected chi connectivity index (χ1v) is 19.4. The van der Waals surface area contributed by atoms with Crippen molar-refractivity contribution in [3.05, 3.63) is 77.1 Å². The number of aromatic nitrogens is 3. The van der Waals surface area contributed by atoms with Gasteiger partial charge in [-0.15, -0.1) is 0 Å². The summed E-state index contributed by atoms with van der Waals surface area (Å²) >= 11 is 0. The molecule has 2 aromatic carbocycles. The lowest BCUT2D eigenvalue weighted by molar-refractivity contribution is 0.0824. The SMILES string of the molecule is Cc1c(CN2CCC(Nc3ncncc3Oc3ccc(F)cc3C(=O)N(C)C)CC2)ccc2c1cc(C#N)n2CC(C)N1CCN(S(C)(=O)=O)CC1. The van der Waals surface area contributed by atoms with Crippen molar-refractivity contribution in [1.29, 1.82) is 5.26 Å². The monoisotopic (exact) mass is 731 g/mol. The van der Waals surface area contributed by atoms with Crippen molar-refractivity contribution in [3.8, 4) is 17.6 Å². The van der Waals surface area contributed by atoms with Crippen molar-refractivity contribution < 1.29 is 22.3 Å². The molecular weight excluding hydrogens is 686 g/mol. The molecule has 2 saturated heterocycles. The first-order chi connectivity index (χ1) is 24.8. The number of sulfonamides is 1. The molecule has 0 saturated carbocycles. The van der Waals surface area contributed by atoms with Crippen LogP contribution in [0.5, 0.6) is 11.5 Å². The van der Waals surface area contributed by atoms with Gasteiger partial charge >= 0.3 is 0 Å². The van der Waals surface area contributed by atoms with E-state index in [0.29, 0.717) is 50.0 Å². The Hall–Kier alpha value is -4.62. The number of halogens is 1. The normalized spacial score (nSPS) is 17.2. The molecule has 0 spiro atoms. The summed E-state index contributed by atoms with van der Waals surface area (Å²) in [7, 11) is 0.00434. The second-order valence-electron chi connectivity index (χ2n) is 14.0. The lowest BCUT2D eigenvalue weighted by Crippen LogP contribution is -2.51. The van der Waals surface area contributed by atoms with Crippen molar-refractivity contribution in [3.63, 3.8) is 0 Å². The van der Waals surface area contributed by atoms with Gasteiger partial charge in [-0.2, -0.15) is 9.57 Å². The third kappa shape index (κ3) is 8.20. The van der Waals surface area contributed by atoms with Crippen LogP contribution in [0.3, 0.4) is 0 Å². The number of rotatable bonds is 11. The van der Waals surface area contributed by atoms with Gasteiger partial charge in [-0.05, 0) is 68.1 Å². The number of ether oxygens (including phenoxy) is 1. The molecule has 13 nitrogen and oxygen atoms in total. The highest BCUT2D eigenvalue weighted by molar-refractivity contribution is 7.88. The van der Waals surface area contributed by atoms with Crippen LogP contribution >= 0.6 is 0 Å². The molecule has 52 heavy (non-hydrogen) atoms. The highest BCUT2D eigenvalue weighted by Gasteiger charge is 2.28. The predicted molar refractivity (Wildman–Crippen MR) is 197 cm³/mol. The molecule has 4 aromatic rings. The van der Waals surface area contributed by atoms with Crippen molar-refractivity contribution in [2.45, 2.75) is 51.9 Å². The van der Waals surface area contributed by atoms with Gasteiger partial charge in [-0.25, -0.2) is 22.8 Å². The Kier molecular flexibility index (Phi) is 11.1. The van der Waals surface area contributed by atoms with E-state index in [1.54, 1.807) is 14.1 Å². The minimum Gasteiger partial charge on any atom is -0.451 e. The maximum Gasteiger partial charge on any atom is 0.257 e. The van der Waals surface area contributed by atoms with Crippen LogP contribution in [0.2, 0.25) is 0 Å². The third-order valence-electron chi connectivity index (χ3n) is 10.2. The first kappa shape index (κ1) is 37.1. The van der Waals surface area contributed by atoms with Gasteiger partial charge in [-0.1, -0.05) is 6.07 Å². The van der Waals surface area contributed by atoms with Crippen LogP contribution in [-0.4, -0.2) is 120 Å². The molecular formula is C37H46FN9O4S. The molecule has 1 N–H and O–H groups in total. The largest absolute Gasteiger partial charge is 0.451 e. The van der Waals surface area contributed by atoms with Gasteiger partial charge in [0.25, 0.3) is 5.91 Å². The molecule has 1 atom stereocenters. The van der Waals surface area contributed by atoms with E-state index in [2.05, 4.69) is 61.7 Å². The number of piperidine rings is 1. The van der Waals surface area contributed by atoms with Crippen LogP contribution in [0, 0.1) is 24.1 Å². The minimum absolute atomic E-state index is 0.110. The van der Waals surface area contributed by atoms with Crippen LogP contribution in [0.25, 0.3) is 10.9 Å². The van der Waals surface area contributed by atoms with Crippen LogP contribution in [0.4, 0.5) is 10.2 Å². The van der Waals surface area contributed by atoms with Crippen LogP contribution < -0.4 is 10.1 Å². The van der Waals surface area contributed by atoms with Gasteiger partial charge in [-0.3, -0.25) is 14.6 Å². The smallest absolute Gasteiger partial charge is 0.257 e. The van der Waals surface area contributed by atoms with E-state index in [0.717, 1.165) is 55.0 Å². The van der Waals surface area contributed by atoms with Gasteiger partial charge in [0.15, 0.2) is 11.6 Å². The summed E-state index contributed by atoms with van der Waals surface area (Å²) in [6.07, 6.45) is 5.97. The molecule has 15 heteroatoms. The molecule has 276 valence electrons. The maximum absolute atomic E-state index is 14.0. The molecule has 0 bridgehead atoms. The number of fused-ring (bicyclic) bond motifs is 1. The van der Waals surface area contributed by atoms with E-state index in [1.165, 1.54) is 45.7 Å². The third-order valence-corrected chi connectivity index (χ3v) is 11.5. The van der Waals surface area contributed by atoms with E-state index in [4.69, 9.17) is 4.74 Å². The Morgan fingerprint density at radius 3 is 2.50 bits per heavy atom. The van der Waals surface area contributed by atoms with Crippen molar-refractivity contribution in [2.24, 2.45) is 0 Å². The Morgan fingerprint density at radius 2 is 1.83 bits per heavy atom. The minimum atomic E-state index is -3.19. The zero-order valence-electron chi connectivity index (χ0n) is 30.3. The number of aryl methyl sites for hydroxylation is 1. The van der Waals surface area contributed by atoms with Gasteiger partial charge in [0, 0.05) is 89.4 Å². The lowest BCUT2D eigenvalue weighted by atomic mass is 10.0. The van der Waals surface area contributed by atoms with Gasteiger partial charge in [0.1, 0.15) is 29.7 Å². The van der Waals surface area contributed by atoms with Crippen molar-refractivity contribution in [1.82, 2.24) is 33.5 Å². The van der Waals surface area contributed by atoms with Crippen LogP contribution in [0.1, 0.15) is 46.9 Å². The summed E-state index contributed by atoms with van der Waals surface area (Å²) in [5.74, 6) is 0.168. The van der Waals surface area contributed by atoms with Crippen LogP contribution in [0.15, 0.2) is 48.9 Å². The van der Waals surface area contributed by atoms with Crippen LogP contribution in [-0.2, 0) is 23.1 Å². The Balaban J connectivity index is 1.08. The Labute approximate surface area is 304 Å². The average Bonchev–Trinajstić information content (AvgIpc) is 3.48. The summed E-state index contributed by atoms with van der Waals surface area (Å²) in [5, 5.41) is 14.6. The van der Waals surface area contributed by atoms with E-state index >= 15 is 0 Å². The average molecular weight is 732 g/mol. The van der Waals surface area contributed by atoms with E-state index in [-0.39, 0.29) is 29.3 Å². The van der Waals surface area contributed by atoms with Gasteiger partial charge < -0.3 is 19.5 Å². The standard InChI is InChI=1S/C37H46FN9O4S/c1-25(45-14-16-46(17-15-45)52(5,49)50)22-47-30(20-39)19-31-26(2)27(6-8-33(31)47)23-44-12-10-29(11-13-44)42-36-35(21-40-24-41-36)51-34-9-7-28(38)18-32(34)37(48)43(3)4/h6-9,18-19,21,24-25,29H,10-17,22-23H2,1-5H3,(H,40,41,42). The molecule has 6 rings (SSSR count). The fraction of sp³-hybridized carbons (Fsp3) is 0.459. The second-order valence-corrected chi connectivity index (χ2v) is 15.9. The number of nitrogens with zero attached hydrogens (tertiary/aromatic N) is 8. The number of nitrogens with one attached hydrogen (secondary N) is 1. The number of nitriles is 1. The van der Waals surface area contributed by atoms with E-state index in [9.17, 15) is 22.9 Å². The summed E-state index contributed by atoms with van der Waals surface area (Å²) in [4.78, 5) is 27.3. The number of piperazine rings is 1. The summed E-state index contributed by atoms with van der Waals surface area (Å²) < 4.78 is 47.7. The highest BCUT2D eigenvalue weighted by atomic mass is 32.2. The van der Waals surface area contributed by atoms with Gasteiger partial charge in [0.2, 0.25) is 10.0 Å². The number of hydrogen-bond acceptors (Lipinski definition) is 10. The molecule has 4 heterocycles. The van der Waals surface area contributed by atoms with E-state index in [1.807, 2.05) is 6.07 Å². The van der Waals surface area contributed by atoms with Gasteiger partial charge in [0.05, 0.1) is 18.0 Å². The summed E-state index contributed by atoms with van der Waals surface area (Å²) in [6, 6.07) is 12.8. The number of carbonyl (C=O) groups excluding carboxylic acids is 1. The first-order valence-electron chi connectivity index (χ1n) is 17.5. The lowest BCUT2D eigenvalue weighted by Gasteiger charge is -2.37. The molecule has 0 radical (unpaired) electrons. The molecule has 1 amide bonds. The van der Waals surface area contributed by atoms with Crippen molar-refractivity contribution >= 4 is 32.7 Å². The number of hydrogen-bond donors (Lipinski definition) is 1. The molecule has 2 aliphatic rings. The summed E-state index contributed by atoms with van der Waals surface area (Å²) in [5.41, 5.74) is 4.15. The number of amides is 1. The molecule has 2 aliphatic heterocycles. The molecule has 2 fully saturated rings. The highest BCUT2D eigenvalue weighted by Crippen LogP contribution is 2.32. The second kappa shape index (κ2) is 15.5. The molecule has 0 aliphatic carbocycles. The van der Waals surface area contributed by atoms with E-state index < -0.39 is 15.8 Å². The summed E-state index contributed by atoms with van der Waals surface area (Å²) in [6.45, 7) is 9.70. The number of likely N-dealkylation sites (tertiary alicyclic amines) is 1. The molecule has 2 aromatic heterocycles. The zero-order chi connectivity index (χ0) is 37.2. The number of carbonyl (C=O) groups is 1. The fourth-order valence-corrected chi connectivity index (χ4v) is 7.95. The maximum atomic E-state index is 14.0. The number of anilines is 1. The quantitative estimate of drug-likeness (QED) is 0.238. The molecule has 1 unspecified atom stereocenters. The number of benzene rings is 2. The zero-order valence-corrected chi connectivity index (χ0v) is 31.2. The van der Waals surface area contributed by atoms with Crippen molar-refractivity contribution in [2.75, 3.05) is 64.9 Å². The fourth-order valence-electron chi connectivity index (χ4n) is 7.12. The Morgan fingerprint density at radius 1 is 1.10 bits per heavy atom. The predicted octanol–water partition coefficient (Wildman–Crippen LogP) is 4.29. The topological polar surface area (TPSA) is 140 Å². The Bertz CT molecular complexity index is 2080.